The number of hydrogen-bond donors (Lipinski definition) is 1. The van der Waals surface area contributed by atoms with Gasteiger partial charge in [-0.25, -0.2) is 4.39 Å². The second kappa shape index (κ2) is 5.43. The first-order valence-corrected chi connectivity index (χ1v) is 5.58. The van der Waals surface area contributed by atoms with Crippen molar-refractivity contribution in [3.8, 4) is 0 Å². The number of anilines is 1. The van der Waals surface area contributed by atoms with Crippen molar-refractivity contribution in [3.05, 3.63) is 41.5 Å². The Bertz CT molecular complexity index is 467. The number of aromatic nitrogens is 2. The lowest BCUT2D eigenvalue weighted by Gasteiger charge is -2.00. The Morgan fingerprint density at radius 1 is 1.24 bits per heavy atom. The highest BCUT2D eigenvalue weighted by molar-refractivity contribution is 5.23. The summed E-state index contributed by atoms with van der Waals surface area (Å²) in [5, 5.41) is 10.8. The van der Waals surface area contributed by atoms with Crippen molar-refractivity contribution < 1.29 is 8.81 Å². The molecule has 0 bridgehead atoms. The maximum atomic E-state index is 12.7. The van der Waals surface area contributed by atoms with E-state index in [0.717, 1.165) is 18.4 Å². The van der Waals surface area contributed by atoms with Crippen LogP contribution >= 0.6 is 0 Å². The largest absolute Gasteiger partial charge is 0.408 e. The Balaban J connectivity index is 1.90. The lowest BCUT2D eigenvalue weighted by atomic mass is 10.2. The number of benzene rings is 1. The van der Waals surface area contributed by atoms with E-state index in [9.17, 15) is 4.39 Å². The minimum atomic E-state index is -0.239. The summed E-state index contributed by atoms with van der Waals surface area (Å²) in [6.07, 6.45) is 1.75. The molecule has 5 heteroatoms. The third-order valence-electron chi connectivity index (χ3n) is 2.29. The van der Waals surface area contributed by atoms with Crippen molar-refractivity contribution >= 4 is 6.01 Å². The molecular formula is C12H14FN3O. The van der Waals surface area contributed by atoms with Gasteiger partial charge in [-0.05, 0) is 24.1 Å². The van der Waals surface area contributed by atoms with Gasteiger partial charge in [0, 0.05) is 13.0 Å². The van der Waals surface area contributed by atoms with Gasteiger partial charge in [0.2, 0.25) is 5.89 Å². The highest BCUT2D eigenvalue weighted by atomic mass is 19.1. The molecule has 0 aliphatic heterocycles. The zero-order valence-corrected chi connectivity index (χ0v) is 9.61. The van der Waals surface area contributed by atoms with Gasteiger partial charge in [-0.2, -0.15) is 0 Å². The third-order valence-corrected chi connectivity index (χ3v) is 2.29. The lowest BCUT2D eigenvalue weighted by Crippen LogP contribution is -1.99. The maximum Gasteiger partial charge on any atom is 0.315 e. The summed E-state index contributed by atoms with van der Waals surface area (Å²) in [6.45, 7) is 2.59. The zero-order chi connectivity index (χ0) is 12.1. The van der Waals surface area contributed by atoms with E-state index < -0.39 is 0 Å². The number of aryl methyl sites for hydroxylation is 1. The summed E-state index contributed by atoms with van der Waals surface area (Å²) < 4.78 is 18.0. The van der Waals surface area contributed by atoms with Gasteiger partial charge in [0.25, 0.3) is 0 Å². The summed E-state index contributed by atoms with van der Waals surface area (Å²) in [5.74, 6) is 0.394. The molecule has 1 heterocycles. The fraction of sp³-hybridized carbons (Fsp3) is 0.333. The Morgan fingerprint density at radius 3 is 2.71 bits per heavy atom. The van der Waals surface area contributed by atoms with E-state index in [4.69, 9.17) is 4.42 Å². The summed E-state index contributed by atoms with van der Waals surface area (Å²) in [5.41, 5.74) is 0.960. The molecule has 1 aromatic heterocycles. The number of rotatable bonds is 5. The molecule has 0 saturated heterocycles. The van der Waals surface area contributed by atoms with E-state index in [-0.39, 0.29) is 5.82 Å². The van der Waals surface area contributed by atoms with E-state index in [1.807, 2.05) is 0 Å². The van der Waals surface area contributed by atoms with Crippen LogP contribution in [0, 0.1) is 5.82 Å². The average Bonchev–Trinajstić information content (AvgIpc) is 2.77. The molecule has 2 aromatic rings. The van der Waals surface area contributed by atoms with Crippen LogP contribution in [0.5, 0.6) is 0 Å². The Hall–Kier alpha value is -1.91. The summed E-state index contributed by atoms with van der Waals surface area (Å²) in [6, 6.07) is 6.68. The van der Waals surface area contributed by atoms with Crippen molar-refractivity contribution in [1.82, 2.24) is 10.2 Å². The molecular weight excluding hydrogens is 221 g/mol. The minimum Gasteiger partial charge on any atom is -0.408 e. The van der Waals surface area contributed by atoms with Gasteiger partial charge in [-0.3, -0.25) is 0 Å². The Labute approximate surface area is 98.9 Å². The molecule has 1 aromatic carbocycles. The normalized spacial score (nSPS) is 10.5. The van der Waals surface area contributed by atoms with Crippen LogP contribution in [0.1, 0.15) is 24.8 Å². The van der Waals surface area contributed by atoms with Crippen LogP contribution in [0.25, 0.3) is 0 Å². The van der Waals surface area contributed by atoms with Gasteiger partial charge < -0.3 is 9.73 Å². The van der Waals surface area contributed by atoms with Crippen LogP contribution in [0.15, 0.2) is 28.7 Å². The van der Waals surface area contributed by atoms with Crippen LogP contribution < -0.4 is 5.32 Å². The molecule has 0 unspecified atom stereocenters. The monoisotopic (exact) mass is 235 g/mol. The molecule has 0 amide bonds. The van der Waals surface area contributed by atoms with Crippen LogP contribution in [0.4, 0.5) is 10.4 Å². The molecule has 0 spiro atoms. The molecule has 1 N–H and O–H groups in total. The van der Waals surface area contributed by atoms with Crippen molar-refractivity contribution in [2.45, 2.75) is 26.3 Å². The highest BCUT2D eigenvalue weighted by Gasteiger charge is 2.04. The van der Waals surface area contributed by atoms with Gasteiger partial charge in [0.05, 0.1) is 0 Å². The number of hydrogen-bond acceptors (Lipinski definition) is 4. The second-order valence-corrected chi connectivity index (χ2v) is 3.73. The molecule has 90 valence electrons. The summed E-state index contributed by atoms with van der Waals surface area (Å²) >= 11 is 0. The SMILES string of the molecule is CCCc1nnc(NCc2ccc(F)cc2)o1. The topological polar surface area (TPSA) is 51.0 Å². The molecule has 0 saturated carbocycles. The van der Waals surface area contributed by atoms with Crippen LogP contribution in [0.3, 0.4) is 0 Å². The fourth-order valence-electron chi connectivity index (χ4n) is 1.42. The van der Waals surface area contributed by atoms with Gasteiger partial charge in [-0.1, -0.05) is 24.2 Å². The minimum absolute atomic E-state index is 0.239. The highest BCUT2D eigenvalue weighted by Crippen LogP contribution is 2.09. The van der Waals surface area contributed by atoms with Crippen LogP contribution in [-0.2, 0) is 13.0 Å². The van der Waals surface area contributed by atoms with E-state index in [1.54, 1.807) is 12.1 Å². The van der Waals surface area contributed by atoms with Gasteiger partial charge in [0.1, 0.15) is 5.82 Å². The molecule has 17 heavy (non-hydrogen) atoms. The lowest BCUT2D eigenvalue weighted by molar-refractivity contribution is 0.501. The first-order valence-electron chi connectivity index (χ1n) is 5.58. The van der Waals surface area contributed by atoms with Crippen LogP contribution in [-0.4, -0.2) is 10.2 Å². The molecule has 0 radical (unpaired) electrons. The summed E-state index contributed by atoms with van der Waals surface area (Å²) in [4.78, 5) is 0. The number of nitrogens with zero attached hydrogens (tertiary/aromatic N) is 2. The number of nitrogens with one attached hydrogen (secondary N) is 1. The van der Waals surface area contributed by atoms with E-state index in [0.29, 0.717) is 18.5 Å². The fourth-order valence-corrected chi connectivity index (χ4v) is 1.42. The van der Waals surface area contributed by atoms with Gasteiger partial charge >= 0.3 is 6.01 Å². The quantitative estimate of drug-likeness (QED) is 0.865. The number of halogens is 1. The maximum absolute atomic E-state index is 12.7. The van der Waals surface area contributed by atoms with E-state index >= 15 is 0 Å². The standard InChI is InChI=1S/C12H14FN3O/c1-2-3-11-15-16-12(17-11)14-8-9-4-6-10(13)7-5-9/h4-7H,2-3,8H2,1H3,(H,14,16). The average molecular weight is 235 g/mol. The zero-order valence-electron chi connectivity index (χ0n) is 9.61. The molecule has 0 atom stereocenters. The van der Waals surface area contributed by atoms with Crippen molar-refractivity contribution in [1.29, 1.82) is 0 Å². The van der Waals surface area contributed by atoms with Crippen molar-refractivity contribution in [2.75, 3.05) is 5.32 Å². The third kappa shape index (κ3) is 3.27. The van der Waals surface area contributed by atoms with Crippen molar-refractivity contribution in [2.24, 2.45) is 0 Å². The molecule has 2 rings (SSSR count). The van der Waals surface area contributed by atoms with Crippen LogP contribution in [0.2, 0.25) is 0 Å². The Kier molecular flexibility index (Phi) is 3.69. The smallest absolute Gasteiger partial charge is 0.315 e. The first-order chi connectivity index (χ1) is 8.28. The Morgan fingerprint density at radius 2 is 2.00 bits per heavy atom. The van der Waals surface area contributed by atoms with Gasteiger partial charge in [0.15, 0.2) is 0 Å². The predicted octanol–water partition coefficient (Wildman–Crippen LogP) is 2.77. The second-order valence-electron chi connectivity index (χ2n) is 3.73. The van der Waals surface area contributed by atoms with E-state index in [1.165, 1.54) is 12.1 Å². The molecule has 0 aliphatic rings. The van der Waals surface area contributed by atoms with Gasteiger partial charge in [-0.15, -0.1) is 5.10 Å². The predicted molar refractivity (Wildman–Crippen MR) is 62.0 cm³/mol. The first kappa shape index (κ1) is 11.6. The van der Waals surface area contributed by atoms with E-state index in [2.05, 4.69) is 22.4 Å². The molecule has 4 nitrogen and oxygen atoms in total. The summed E-state index contributed by atoms with van der Waals surface area (Å²) in [7, 11) is 0. The molecule has 0 fully saturated rings. The van der Waals surface area contributed by atoms with Crippen molar-refractivity contribution in [3.63, 3.8) is 0 Å². The molecule has 0 aliphatic carbocycles.